The van der Waals surface area contributed by atoms with E-state index in [0.29, 0.717) is 6.04 Å². The van der Waals surface area contributed by atoms with E-state index in [9.17, 15) is 0 Å². The number of nitrogens with one attached hydrogen (secondary N) is 1. The molecule has 0 spiro atoms. The Kier molecular flexibility index (Phi) is 2.89. The highest BCUT2D eigenvalue weighted by Crippen LogP contribution is 2.32. The lowest BCUT2D eigenvalue weighted by Crippen LogP contribution is -2.19. The fraction of sp³-hybridized carbons (Fsp3) is 0.375. The summed E-state index contributed by atoms with van der Waals surface area (Å²) in [5.74, 6) is 0.963. The maximum Gasteiger partial charge on any atom is 0.151 e. The summed E-state index contributed by atoms with van der Waals surface area (Å²) in [5.41, 5.74) is 3.70. The summed E-state index contributed by atoms with van der Waals surface area (Å²) in [5, 5.41) is 3.49. The summed E-state index contributed by atoms with van der Waals surface area (Å²) in [6, 6.07) is 9.25. The summed E-state index contributed by atoms with van der Waals surface area (Å²) in [6.07, 6.45) is 7.41. The Morgan fingerprint density at radius 1 is 1.20 bits per heavy atom. The average molecular weight is 266 g/mol. The molecule has 0 saturated heterocycles. The van der Waals surface area contributed by atoms with E-state index in [2.05, 4.69) is 39.5 Å². The standard InChI is InChI=1S/C16H18N4/c1-2-4-15-12(3-1)7-8-20(15)16-11-17-9-14(19-16)10-18-13-5-6-13/h1-4,9,11,13,18H,5-8,10H2. The Hall–Kier alpha value is -1.94. The van der Waals surface area contributed by atoms with Crippen LogP contribution < -0.4 is 10.2 Å². The van der Waals surface area contributed by atoms with Crippen LogP contribution in [0.5, 0.6) is 0 Å². The molecule has 4 heteroatoms. The van der Waals surface area contributed by atoms with Crippen molar-refractivity contribution >= 4 is 11.5 Å². The van der Waals surface area contributed by atoms with Gasteiger partial charge in [0.2, 0.25) is 0 Å². The fourth-order valence-electron chi connectivity index (χ4n) is 2.72. The average Bonchev–Trinajstić information content (AvgIpc) is 3.23. The van der Waals surface area contributed by atoms with Crippen molar-refractivity contribution in [2.75, 3.05) is 11.4 Å². The smallest absolute Gasteiger partial charge is 0.151 e. The van der Waals surface area contributed by atoms with Crippen molar-refractivity contribution in [3.63, 3.8) is 0 Å². The van der Waals surface area contributed by atoms with Crippen LogP contribution >= 0.6 is 0 Å². The van der Waals surface area contributed by atoms with Gasteiger partial charge in [-0.05, 0) is 30.9 Å². The van der Waals surface area contributed by atoms with E-state index >= 15 is 0 Å². The highest BCUT2D eigenvalue weighted by Gasteiger charge is 2.22. The van der Waals surface area contributed by atoms with Crippen molar-refractivity contribution in [1.29, 1.82) is 0 Å². The number of rotatable bonds is 4. The van der Waals surface area contributed by atoms with Gasteiger partial charge < -0.3 is 10.2 Å². The molecule has 1 fully saturated rings. The quantitative estimate of drug-likeness (QED) is 0.922. The lowest BCUT2D eigenvalue weighted by Gasteiger charge is -2.18. The molecule has 2 heterocycles. The highest BCUT2D eigenvalue weighted by atomic mass is 15.2. The molecule has 0 unspecified atom stereocenters. The molecule has 4 nitrogen and oxygen atoms in total. The number of para-hydroxylation sites is 1. The van der Waals surface area contributed by atoms with Crippen LogP contribution in [0.25, 0.3) is 0 Å². The van der Waals surface area contributed by atoms with Crippen LogP contribution in [-0.2, 0) is 13.0 Å². The van der Waals surface area contributed by atoms with Gasteiger partial charge in [-0.3, -0.25) is 4.98 Å². The van der Waals surface area contributed by atoms with Gasteiger partial charge in [-0.2, -0.15) is 0 Å². The molecule has 1 N–H and O–H groups in total. The number of nitrogens with zero attached hydrogens (tertiary/aromatic N) is 3. The van der Waals surface area contributed by atoms with E-state index in [1.807, 2.05) is 12.4 Å². The lowest BCUT2D eigenvalue weighted by molar-refractivity contribution is 0.671. The van der Waals surface area contributed by atoms with Crippen LogP contribution in [0.15, 0.2) is 36.7 Å². The Labute approximate surface area is 118 Å². The largest absolute Gasteiger partial charge is 0.325 e. The van der Waals surface area contributed by atoms with E-state index in [4.69, 9.17) is 4.98 Å². The molecule has 2 aromatic rings. The summed E-state index contributed by atoms with van der Waals surface area (Å²) in [7, 11) is 0. The van der Waals surface area contributed by atoms with Crippen molar-refractivity contribution in [3.8, 4) is 0 Å². The molecule has 4 rings (SSSR count). The third-order valence-electron chi connectivity index (χ3n) is 3.98. The Bertz CT molecular complexity index is 621. The minimum absolute atomic E-state index is 0.702. The Morgan fingerprint density at radius 2 is 2.10 bits per heavy atom. The Balaban J connectivity index is 1.57. The summed E-state index contributed by atoms with van der Waals surface area (Å²) in [6.45, 7) is 1.81. The minimum atomic E-state index is 0.702. The zero-order valence-electron chi connectivity index (χ0n) is 11.4. The van der Waals surface area contributed by atoms with Crippen LogP contribution in [0.4, 0.5) is 11.5 Å². The normalized spacial score (nSPS) is 17.3. The second kappa shape index (κ2) is 4.87. The van der Waals surface area contributed by atoms with E-state index in [0.717, 1.165) is 31.0 Å². The summed E-state index contributed by atoms with van der Waals surface area (Å²) in [4.78, 5) is 11.4. The second-order valence-corrected chi connectivity index (χ2v) is 5.55. The Morgan fingerprint density at radius 3 is 3.00 bits per heavy atom. The first kappa shape index (κ1) is 11.9. The number of fused-ring (bicyclic) bond motifs is 1. The fourth-order valence-corrected chi connectivity index (χ4v) is 2.72. The van der Waals surface area contributed by atoms with Crippen molar-refractivity contribution in [2.45, 2.75) is 31.8 Å². The predicted molar refractivity (Wildman–Crippen MR) is 79.0 cm³/mol. The first-order valence-corrected chi connectivity index (χ1v) is 7.30. The van der Waals surface area contributed by atoms with Gasteiger partial charge in [-0.1, -0.05) is 18.2 Å². The van der Waals surface area contributed by atoms with Gasteiger partial charge in [0, 0.05) is 31.0 Å². The lowest BCUT2D eigenvalue weighted by atomic mass is 10.2. The predicted octanol–water partition coefficient (Wildman–Crippen LogP) is 2.42. The monoisotopic (exact) mass is 266 g/mol. The number of anilines is 2. The zero-order chi connectivity index (χ0) is 13.4. The second-order valence-electron chi connectivity index (χ2n) is 5.55. The van der Waals surface area contributed by atoms with Crippen molar-refractivity contribution in [2.24, 2.45) is 0 Å². The first-order chi connectivity index (χ1) is 9.90. The molecule has 1 aromatic heterocycles. The van der Waals surface area contributed by atoms with E-state index < -0.39 is 0 Å². The van der Waals surface area contributed by atoms with Gasteiger partial charge in [-0.15, -0.1) is 0 Å². The zero-order valence-corrected chi connectivity index (χ0v) is 11.4. The molecule has 0 atom stereocenters. The van der Waals surface area contributed by atoms with E-state index in [1.54, 1.807) is 0 Å². The first-order valence-electron chi connectivity index (χ1n) is 7.30. The number of hydrogen-bond donors (Lipinski definition) is 1. The SMILES string of the molecule is c1ccc2c(c1)CCN2c1cncc(CNC2CC2)n1. The molecule has 0 amide bonds. The van der Waals surface area contributed by atoms with Crippen LogP contribution in [0, 0.1) is 0 Å². The highest BCUT2D eigenvalue weighted by molar-refractivity contribution is 5.66. The number of aromatic nitrogens is 2. The third kappa shape index (κ3) is 2.27. The van der Waals surface area contributed by atoms with Crippen molar-refractivity contribution in [1.82, 2.24) is 15.3 Å². The van der Waals surface area contributed by atoms with Crippen LogP contribution in [0.2, 0.25) is 0 Å². The number of benzene rings is 1. The van der Waals surface area contributed by atoms with Gasteiger partial charge in [0.15, 0.2) is 5.82 Å². The molecule has 0 bridgehead atoms. The van der Waals surface area contributed by atoms with Gasteiger partial charge >= 0.3 is 0 Å². The molecule has 1 aliphatic carbocycles. The van der Waals surface area contributed by atoms with E-state index in [1.165, 1.54) is 24.1 Å². The summed E-state index contributed by atoms with van der Waals surface area (Å²) >= 11 is 0. The number of hydrogen-bond acceptors (Lipinski definition) is 4. The molecule has 2 aliphatic rings. The molecule has 1 aromatic carbocycles. The third-order valence-corrected chi connectivity index (χ3v) is 3.98. The van der Waals surface area contributed by atoms with Crippen LogP contribution in [-0.4, -0.2) is 22.6 Å². The van der Waals surface area contributed by atoms with Gasteiger partial charge in [0.1, 0.15) is 0 Å². The summed E-state index contributed by atoms with van der Waals surface area (Å²) < 4.78 is 0. The molecular weight excluding hydrogens is 248 g/mol. The maximum atomic E-state index is 4.75. The molecular formula is C16H18N4. The van der Waals surface area contributed by atoms with Crippen LogP contribution in [0.1, 0.15) is 24.1 Å². The van der Waals surface area contributed by atoms with E-state index in [-0.39, 0.29) is 0 Å². The molecule has 1 aliphatic heterocycles. The van der Waals surface area contributed by atoms with Crippen LogP contribution in [0.3, 0.4) is 0 Å². The topological polar surface area (TPSA) is 41.1 Å². The van der Waals surface area contributed by atoms with Crippen molar-refractivity contribution in [3.05, 3.63) is 47.9 Å². The minimum Gasteiger partial charge on any atom is -0.325 e. The molecule has 20 heavy (non-hydrogen) atoms. The molecule has 102 valence electrons. The van der Waals surface area contributed by atoms with Gasteiger partial charge in [0.25, 0.3) is 0 Å². The van der Waals surface area contributed by atoms with Gasteiger partial charge in [-0.25, -0.2) is 4.98 Å². The maximum absolute atomic E-state index is 4.75. The van der Waals surface area contributed by atoms with Crippen molar-refractivity contribution < 1.29 is 0 Å². The molecule has 1 saturated carbocycles. The van der Waals surface area contributed by atoms with Gasteiger partial charge in [0.05, 0.1) is 11.9 Å². The molecule has 0 radical (unpaired) electrons.